The van der Waals surface area contributed by atoms with E-state index in [4.69, 9.17) is 21.1 Å². The van der Waals surface area contributed by atoms with Gasteiger partial charge >= 0.3 is 5.69 Å². The number of hydrogen-bond acceptors (Lipinski definition) is 7. The molecule has 1 N–H and O–H groups in total. The van der Waals surface area contributed by atoms with E-state index in [-0.39, 0.29) is 46.2 Å². The van der Waals surface area contributed by atoms with Crippen LogP contribution in [0.5, 0.6) is 11.5 Å². The van der Waals surface area contributed by atoms with Crippen molar-refractivity contribution < 1.29 is 23.8 Å². The number of halogens is 3. The van der Waals surface area contributed by atoms with Gasteiger partial charge in [-0.25, -0.2) is 9.18 Å². The molecule has 5 aromatic rings. The van der Waals surface area contributed by atoms with E-state index in [0.29, 0.717) is 61.7 Å². The monoisotopic (exact) mass is 850 g/mol. The molecule has 2 heterocycles. The van der Waals surface area contributed by atoms with Crippen LogP contribution in [0.1, 0.15) is 37.8 Å². The molecule has 1 aromatic heterocycles. The normalized spacial score (nSPS) is 14.5. The van der Waals surface area contributed by atoms with Gasteiger partial charge in [-0.05, 0) is 77.4 Å². The summed E-state index contributed by atoms with van der Waals surface area (Å²) in [6, 6.07) is 21.3. The molecule has 0 saturated carbocycles. The van der Waals surface area contributed by atoms with Crippen molar-refractivity contribution in [3.05, 3.63) is 121 Å². The number of aromatic hydroxyl groups is 1. The van der Waals surface area contributed by atoms with Crippen LogP contribution in [0.4, 0.5) is 10.2 Å². The molecule has 4 aromatic carbocycles. The van der Waals surface area contributed by atoms with Crippen LogP contribution in [0.2, 0.25) is 5.02 Å². The lowest BCUT2D eigenvalue weighted by atomic mass is 10.0. The fraction of sp³-hybridized carbons (Fsp3) is 0.293. The summed E-state index contributed by atoms with van der Waals surface area (Å²) in [4.78, 5) is 34.8. The standard InChI is InChI=1S/C41H41ClFIN4O5/c1-4-11-27-12-7-9-15-35(27)48-36-23-30(32(42)22-31(36)40(45-41(48)51)47-17-16-46(24-26(47)3)38(50)5-2)39-33(43)20-29(21-37(39)49)53-19-10-18-52-25-28-13-6-8-14-34(28)44/h5-9,12-15,20-23,26,49H,2,4,10-11,16-19,24-25H2,1,3H3/t26-/m0/s1. The van der Waals surface area contributed by atoms with Crippen molar-refractivity contribution in [2.75, 3.05) is 37.7 Å². The molecule has 12 heteroatoms. The van der Waals surface area contributed by atoms with Gasteiger partial charge in [0, 0.05) is 63.8 Å². The fourth-order valence-electron chi connectivity index (χ4n) is 6.75. The molecule has 0 aliphatic carbocycles. The van der Waals surface area contributed by atoms with Gasteiger partial charge in [0.05, 0.1) is 36.6 Å². The number of benzene rings is 4. The second-order valence-electron chi connectivity index (χ2n) is 13.0. The molecule has 0 spiro atoms. The molecule has 0 radical (unpaired) electrons. The van der Waals surface area contributed by atoms with E-state index in [1.165, 1.54) is 22.8 Å². The number of phenolic OH excluding ortho intramolecular Hbond substituents is 1. The topological polar surface area (TPSA) is 97.1 Å². The first kappa shape index (κ1) is 38.3. The number of para-hydroxylation sites is 1. The highest BCUT2D eigenvalue weighted by Gasteiger charge is 2.30. The summed E-state index contributed by atoms with van der Waals surface area (Å²) in [5.41, 5.74) is 2.73. The Kier molecular flexibility index (Phi) is 12.4. The Morgan fingerprint density at radius 1 is 1.09 bits per heavy atom. The van der Waals surface area contributed by atoms with Crippen LogP contribution in [0.25, 0.3) is 27.7 Å². The van der Waals surface area contributed by atoms with Gasteiger partial charge in [0.15, 0.2) is 0 Å². The fourth-order valence-corrected chi connectivity index (χ4v) is 7.55. The van der Waals surface area contributed by atoms with Crippen LogP contribution in [-0.2, 0) is 22.6 Å². The summed E-state index contributed by atoms with van der Waals surface area (Å²) >= 11 is 9.21. The summed E-state index contributed by atoms with van der Waals surface area (Å²) < 4.78 is 30.2. The lowest BCUT2D eigenvalue weighted by Gasteiger charge is -2.40. The predicted octanol–water partition coefficient (Wildman–Crippen LogP) is 8.32. The van der Waals surface area contributed by atoms with E-state index >= 15 is 4.39 Å². The van der Waals surface area contributed by atoms with Gasteiger partial charge in [0.25, 0.3) is 0 Å². The molecule has 1 atom stereocenters. The maximum Gasteiger partial charge on any atom is 0.354 e. The number of phenols is 1. The number of ether oxygens (including phenoxy) is 2. The number of aryl methyl sites for hydroxylation is 1. The Morgan fingerprint density at radius 2 is 1.85 bits per heavy atom. The number of carbonyl (C=O) groups excluding carboxylic acids is 1. The Morgan fingerprint density at radius 3 is 2.57 bits per heavy atom. The van der Waals surface area contributed by atoms with Crippen molar-refractivity contribution in [3.8, 4) is 28.3 Å². The Hall–Kier alpha value is -4.46. The van der Waals surface area contributed by atoms with Crippen molar-refractivity contribution in [2.24, 2.45) is 0 Å². The summed E-state index contributed by atoms with van der Waals surface area (Å²) in [7, 11) is 0. The predicted molar refractivity (Wildman–Crippen MR) is 216 cm³/mol. The van der Waals surface area contributed by atoms with Crippen LogP contribution in [0.15, 0.2) is 90.2 Å². The number of amides is 1. The number of aromatic nitrogens is 2. The van der Waals surface area contributed by atoms with E-state index in [2.05, 4.69) is 41.1 Å². The van der Waals surface area contributed by atoms with E-state index in [1.807, 2.05) is 60.4 Å². The molecule has 0 bridgehead atoms. The smallest absolute Gasteiger partial charge is 0.354 e. The van der Waals surface area contributed by atoms with Crippen LogP contribution < -0.4 is 15.3 Å². The van der Waals surface area contributed by atoms with Crippen molar-refractivity contribution in [2.45, 2.75) is 45.8 Å². The minimum atomic E-state index is -0.734. The SMILES string of the molecule is C=CC(=O)N1CCN(c2nc(=O)n(-c3ccccc3CCC)c3cc(-c4c(O)cc(OCCCOCc5ccccc5I)cc4F)c(Cl)cc23)[C@@H](C)C1. The molecule has 9 nitrogen and oxygen atoms in total. The summed E-state index contributed by atoms with van der Waals surface area (Å²) in [6.07, 6.45) is 3.43. The third-order valence-corrected chi connectivity index (χ3v) is 10.7. The zero-order valence-electron chi connectivity index (χ0n) is 29.7. The Balaban J connectivity index is 1.34. The van der Waals surface area contributed by atoms with Crippen molar-refractivity contribution in [1.29, 1.82) is 0 Å². The second kappa shape index (κ2) is 17.1. The Labute approximate surface area is 326 Å². The average Bonchev–Trinajstić information content (AvgIpc) is 3.14. The van der Waals surface area contributed by atoms with Gasteiger partial charge in [-0.3, -0.25) is 9.36 Å². The van der Waals surface area contributed by atoms with Crippen LogP contribution in [0.3, 0.4) is 0 Å². The van der Waals surface area contributed by atoms with Crippen LogP contribution in [0, 0.1) is 9.39 Å². The zero-order chi connectivity index (χ0) is 37.6. The maximum absolute atomic E-state index is 16.0. The highest BCUT2D eigenvalue weighted by Crippen LogP contribution is 2.42. The number of nitrogens with zero attached hydrogens (tertiary/aromatic N) is 4. The first-order chi connectivity index (χ1) is 25.6. The number of piperazine rings is 1. The first-order valence-corrected chi connectivity index (χ1v) is 19.1. The first-order valence-electron chi connectivity index (χ1n) is 17.6. The van der Waals surface area contributed by atoms with Crippen molar-refractivity contribution in [3.63, 3.8) is 0 Å². The third-order valence-electron chi connectivity index (χ3n) is 9.33. The third kappa shape index (κ3) is 8.37. The number of fused-ring (bicyclic) bond motifs is 1. The molecule has 53 heavy (non-hydrogen) atoms. The lowest BCUT2D eigenvalue weighted by molar-refractivity contribution is -0.126. The van der Waals surface area contributed by atoms with Gasteiger partial charge in [0.1, 0.15) is 23.1 Å². The highest BCUT2D eigenvalue weighted by molar-refractivity contribution is 14.1. The summed E-state index contributed by atoms with van der Waals surface area (Å²) in [5.74, 6) is -0.675. The maximum atomic E-state index is 16.0. The van der Waals surface area contributed by atoms with E-state index in [0.717, 1.165) is 27.5 Å². The van der Waals surface area contributed by atoms with Gasteiger partial charge < -0.3 is 24.4 Å². The van der Waals surface area contributed by atoms with Gasteiger partial charge in [0.2, 0.25) is 5.91 Å². The largest absolute Gasteiger partial charge is 0.507 e. The highest BCUT2D eigenvalue weighted by atomic mass is 127. The molecule has 1 aliphatic rings. The molecule has 1 amide bonds. The molecule has 6 rings (SSSR count). The minimum absolute atomic E-state index is 0.117. The van der Waals surface area contributed by atoms with Gasteiger partial charge in [-0.2, -0.15) is 4.98 Å². The molecule has 0 unspecified atom stereocenters. The number of carbonyl (C=O) groups is 1. The van der Waals surface area contributed by atoms with E-state index < -0.39 is 11.5 Å². The molecular weight excluding hydrogens is 810 g/mol. The summed E-state index contributed by atoms with van der Waals surface area (Å²) in [6.45, 7) is 10.1. The molecule has 1 saturated heterocycles. The van der Waals surface area contributed by atoms with Gasteiger partial charge in [-0.1, -0.05) is 67.9 Å². The van der Waals surface area contributed by atoms with Crippen LogP contribution in [-0.4, -0.2) is 64.4 Å². The number of hydrogen-bond donors (Lipinski definition) is 1. The number of anilines is 1. The van der Waals surface area contributed by atoms with E-state index in [9.17, 15) is 14.7 Å². The van der Waals surface area contributed by atoms with Crippen LogP contribution >= 0.6 is 34.2 Å². The molecule has 1 fully saturated rings. The minimum Gasteiger partial charge on any atom is -0.507 e. The summed E-state index contributed by atoms with van der Waals surface area (Å²) in [5, 5.41) is 12.0. The average molecular weight is 851 g/mol. The quantitative estimate of drug-likeness (QED) is 0.0724. The Bertz CT molecular complexity index is 2190. The van der Waals surface area contributed by atoms with Crippen molar-refractivity contribution in [1.82, 2.24) is 14.5 Å². The van der Waals surface area contributed by atoms with Crippen molar-refractivity contribution >= 4 is 56.8 Å². The van der Waals surface area contributed by atoms with Gasteiger partial charge in [-0.15, -0.1) is 0 Å². The second-order valence-corrected chi connectivity index (χ2v) is 14.5. The molecule has 1 aliphatic heterocycles. The lowest BCUT2D eigenvalue weighted by Crippen LogP contribution is -2.54. The number of rotatable bonds is 13. The zero-order valence-corrected chi connectivity index (χ0v) is 32.6. The molecule has 276 valence electrons. The van der Waals surface area contributed by atoms with E-state index in [1.54, 1.807) is 17.0 Å². The molecular formula is C41H41ClFIN4O5.